The highest BCUT2D eigenvalue weighted by atomic mass is 19.3. The Morgan fingerprint density at radius 1 is 1.18 bits per heavy atom. The molecule has 1 saturated carbocycles. The van der Waals surface area contributed by atoms with Crippen LogP contribution in [-0.4, -0.2) is 57.9 Å². The fourth-order valence-corrected chi connectivity index (χ4v) is 4.60. The monoisotopic (exact) mass is 463 g/mol. The molecule has 11 heteroatoms. The number of pyridine rings is 2. The van der Waals surface area contributed by atoms with E-state index in [-0.39, 0.29) is 41.1 Å². The lowest BCUT2D eigenvalue weighted by Gasteiger charge is -2.34. The van der Waals surface area contributed by atoms with Gasteiger partial charge in [0.15, 0.2) is 0 Å². The molecule has 0 aliphatic heterocycles. The van der Waals surface area contributed by atoms with Crippen molar-refractivity contribution in [2.24, 2.45) is 5.92 Å². The minimum atomic E-state index is -2.65. The average molecular weight is 463 g/mol. The molecule has 0 bridgehead atoms. The quantitative estimate of drug-likeness (QED) is 0.578. The Morgan fingerprint density at radius 3 is 2.41 bits per heavy atom. The lowest BCUT2D eigenvalue weighted by Crippen LogP contribution is -2.41. The highest BCUT2D eigenvalue weighted by Gasteiger charge is 2.32. The molecule has 6 radical (unpaired) electrons. The maximum atomic E-state index is 13.7. The number of nitrogens with zero attached hydrogens (tertiary/aromatic N) is 2. The van der Waals surface area contributed by atoms with Gasteiger partial charge in [0, 0.05) is 24.5 Å². The molecule has 1 aliphatic carbocycles. The van der Waals surface area contributed by atoms with Crippen LogP contribution in [0.3, 0.4) is 0 Å². The van der Waals surface area contributed by atoms with Gasteiger partial charge in [-0.25, -0.2) is 18.7 Å². The maximum Gasteiger partial charge on any atom is 0.269 e. The molecule has 1 atom stereocenters. The molecule has 174 valence electrons. The molecule has 1 fully saturated rings. The van der Waals surface area contributed by atoms with Crippen molar-refractivity contribution in [3.05, 3.63) is 47.3 Å². The Balaban J connectivity index is 1.62. The number of halogens is 2. The molecule has 0 aromatic carbocycles. The maximum absolute atomic E-state index is 13.7. The zero-order valence-electron chi connectivity index (χ0n) is 19.3. The second kappa shape index (κ2) is 11.2. The summed E-state index contributed by atoms with van der Waals surface area (Å²) < 4.78 is 37.5. The van der Waals surface area contributed by atoms with E-state index >= 15 is 0 Å². The van der Waals surface area contributed by atoms with E-state index in [1.165, 1.54) is 25.6 Å². The summed E-state index contributed by atoms with van der Waals surface area (Å²) in [5, 5.41) is 1.22. The highest BCUT2D eigenvalue weighted by Crippen LogP contribution is 2.42. The third-order valence-electron chi connectivity index (χ3n) is 6.22. The molecule has 1 aliphatic rings. The first-order valence-electron chi connectivity index (χ1n) is 11.3. The summed E-state index contributed by atoms with van der Waals surface area (Å²) in [6.45, 7) is 2.01. The zero-order valence-corrected chi connectivity index (χ0v) is 19.3. The Labute approximate surface area is 202 Å². The van der Waals surface area contributed by atoms with Crippen LogP contribution >= 0.6 is 0 Å². The third-order valence-corrected chi connectivity index (χ3v) is 6.22. The molecular formula is C23H26B3F2N3O3. The molecule has 1 amide bonds. The lowest BCUT2D eigenvalue weighted by atomic mass is 9.52. The number of aromatic nitrogens is 2. The molecule has 2 heterocycles. The fraction of sp³-hybridized carbons (Fsp3) is 0.522. The molecule has 34 heavy (non-hydrogen) atoms. The molecular weight excluding hydrogens is 437 g/mol. The van der Waals surface area contributed by atoms with Crippen molar-refractivity contribution in [1.29, 1.82) is 0 Å². The summed E-state index contributed by atoms with van der Waals surface area (Å²) in [6.07, 6.45) is 4.09. The predicted octanol–water partition coefficient (Wildman–Crippen LogP) is 3.40. The first-order valence-corrected chi connectivity index (χ1v) is 11.3. The van der Waals surface area contributed by atoms with Gasteiger partial charge in [0.2, 0.25) is 11.8 Å². The Morgan fingerprint density at radius 2 is 1.88 bits per heavy atom. The Hall–Kier alpha value is -2.58. The standard InChI is InChI=1S/C23H26B3F2N3O3/c1-3-17(31-21(32)15-8-9-18(30-12-15)34-23(24,25)26)14-6-4-13(5-7-14)16-10-11-29-22(33-2)19(16)20(27)28/h8-14,17,20H,3-7H2,1-2H3,(H,31,32)/t13?,14?,17-/m1/s1. The van der Waals surface area contributed by atoms with Gasteiger partial charge in [0.05, 0.1) is 18.2 Å². The van der Waals surface area contributed by atoms with Gasteiger partial charge in [-0.3, -0.25) is 4.79 Å². The topological polar surface area (TPSA) is 73.3 Å². The van der Waals surface area contributed by atoms with Gasteiger partial charge in [0.25, 0.3) is 12.3 Å². The van der Waals surface area contributed by atoms with Crippen molar-refractivity contribution in [3.63, 3.8) is 0 Å². The number of alkyl halides is 2. The summed E-state index contributed by atoms with van der Waals surface area (Å²) in [7, 11) is 17.5. The summed E-state index contributed by atoms with van der Waals surface area (Å²) in [5.74, 6) is 0.0684. The van der Waals surface area contributed by atoms with Crippen LogP contribution < -0.4 is 14.8 Å². The highest BCUT2D eigenvalue weighted by molar-refractivity contribution is 6.58. The molecule has 0 unspecified atom stereocenters. The number of rotatable bonds is 9. The Kier molecular flexibility index (Phi) is 8.60. The molecule has 0 spiro atoms. The van der Waals surface area contributed by atoms with Crippen molar-refractivity contribution in [1.82, 2.24) is 15.3 Å². The van der Waals surface area contributed by atoms with Gasteiger partial charge in [-0.15, -0.1) is 0 Å². The van der Waals surface area contributed by atoms with Crippen LogP contribution in [0.5, 0.6) is 11.8 Å². The van der Waals surface area contributed by atoms with E-state index in [1.54, 1.807) is 12.1 Å². The predicted molar refractivity (Wildman–Crippen MR) is 127 cm³/mol. The zero-order chi connectivity index (χ0) is 24.9. The van der Waals surface area contributed by atoms with E-state index in [1.807, 2.05) is 6.92 Å². The minimum absolute atomic E-state index is 0.00172. The SMILES string of the molecule is [B]C([B])([B])Oc1ccc(C(=O)N[C@H](CC)C2CCC(c3ccnc(OC)c3C(F)F)CC2)cn1. The molecule has 1 N–H and O–H groups in total. The number of ether oxygens (including phenoxy) is 2. The van der Waals surface area contributed by atoms with Crippen molar-refractivity contribution < 1.29 is 23.0 Å². The fourth-order valence-electron chi connectivity index (χ4n) is 4.60. The Bertz CT molecular complexity index is 966. The van der Waals surface area contributed by atoms with Gasteiger partial charge in [-0.05, 0) is 66.9 Å². The number of hydrogen-bond donors (Lipinski definition) is 1. The van der Waals surface area contributed by atoms with Crippen LogP contribution in [0.4, 0.5) is 8.78 Å². The third kappa shape index (κ3) is 6.51. The van der Waals surface area contributed by atoms with Crippen molar-refractivity contribution >= 4 is 29.4 Å². The molecule has 2 aromatic heterocycles. The molecule has 3 rings (SSSR count). The van der Waals surface area contributed by atoms with Gasteiger partial charge < -0.3 is 14.8 Å². The van der Waals surface area contributed by atoms with Gasteiger partial charge in [-0.1, -0.05) is 6.92 Å². The number of amides is 1. The molecule has 0 saturated heterocycles. The van der Waals surface area contributed by atoms with E-state index in [0.29, 0.717) is 11.1 Å². The van der Waals surface area contributed by atoms with Crippen LogP contribution in [0, 0.1) is 5.92 Å². The van der Waals surface area contributed by atoms with Crippen molar-refractivity contribution in [2.75, 3.05) is 7.11 Å². The smallest absolute Gasteiger partial charge is 0.269 e. The van der Waals surface area contributed by atoms with Crippen molar-refractivity contribution in [3.8, 4) is 11.8 Å². The first kappa shape index (κ1) is 26.0. The largest absolute Gasteiger partial charge is 0.501 e. The minimum Gasteiger partial charge on any atom is -0.501 e. The normalized spacial score (nSPS) is 19.4. The summed E-state index contributed by atoms with van der Waals surface area (Å²) >= 11 is 0. The van der Waals surface area contributed by atoms with Crippen LogP contribution in [0.25, 0.3) is 0 Å². The second-order valence-corrected chi connectivity index (χ2v) is 8.56. The first-order chi connectivity index (χ1) is 16.1. The van der Waals surface area contributed by atoms with E-state index < -0.39 is 11.7 Å². The van der Waals surface area contributed by atoms with E-state index in [9.17, 15) is 13.6 Å². The van der Waals surface area contributed by atoms with Gasteiger partial charge in [-0.2, -0.15) is 0 Å². The van der Waals surface area contributed by atoms with E-state index in [2.05, 4.69) is 15.3 Å². The summed E-state index contributed by atoms with van der Waals surface area (Å²) in [5.41, 5.74) is 0.841. The van der Waals surface area contributed by atoms with Gasteiger partial charge >= 0.3 is 0 Å². The van der Waals surface area contributed by atoms with Crippen LogP contribution in [-0.2, 0) is 0 Å². The summed E-state index contributed by atoms with van der Waals surface area (Å²) in [4.78, 5) is 20.7. The second-order valence-electron chi connectivity index (χ2n) is 8.56. The number of nitrogens with one attached hydrogen (secondary N) is 1. The molecule has 2 aromatic rings. The average Bonchev–Trinajstić information content (AvgIpc) is 2.81. The molecule has 6 nitrogen and oxygen atoms in total. The number of carbonyl (C=O) groups excluding carboxylic acids is 1. The number of hydrogen-bond acceptors (Lipinski definition) is 5. The lowest BCUT2D eigenvalue weighted by molar-refractivity contribution is 0.0908. The van der Waals surface area contributed by atoms with Crippen LogP contribution in [0.15, 0.2) is 30.6 Å². The number of carbonyl (C=O) groups is 1. The van der Waals surface area contributed by atoms with Crippen molar-refractivity contribution in [2.45, 2.75) is 62.7 Å². The van der Waals surface area contributed by atoms with Crippen LogP contribution in [0.1, 0.15) is 72.9 Å². The number of methoxy groups -OCH3 is 1. The van der Waals surface area contributed by atoms with E-state index in [4.69, 9.17) is 33.0 Å². The van der Waals surface area contributed by atoms with Crippen LogP contribution in [0.2, 0.25) is 0 Å². The summed E-state index contributed by atoms with van der Waals surface area (Å²) in [6, 6.07) is 4.64. The van der Waals surface area contributed by atoms with Gasteiger partial charge in [0.1, 0.15) is 23.5 Å². The van der Waals surface area contributed by atoms with E-state index in [0.717, 1.165) is 32.1 Å².